The molecule has 2 aromatic carbocycles. The Balaban J connectivity index is 2.09. The summed E-state index contributed by atoms with van der Waals surface area (Å²) in [6.07, 6.45) is 0.856. The Labute approximate surface area is 161 Å². The van der Waals surface area contributed by atoms with E-state index in [1.165, 1.54) is 11.8 Å². The number of aromatic nitrogens is 2. The van der Waals surface area contributed by atoms with E-state index >= 15 is 0 Å². The van der Waals surface area contributed by atoms with Crippen molar-refractivity contribution >= 4 is 45.9 Å². The molecule has 25 heavy (non-hydrogen) atoms. The van der Waals surface area contributed by atoms with Gasteiger partial charge in [-0.3, -0.25) is 9.36 Å². The van der Waals surface area contributed by atoms with Crippen LogP contribution in [-0.2, 0) is 6.54 Å². The molecule has 0 fully saturated rings. The first-order valence-corrected chi connectivity index (χ1v) is 9.76. The van der Waals surface area contributed by atoms with Gasteiger partial charge in [0.2, 0.25) is 0 Å². The fourth-order valence-electron chi connectivity index (χ4n) is 2.71. The minimum absolute atomic E-state index is 0.0302. The van der Waals surface area contributed by atoms with Gasteiger partial charge >= 0.3 is 0 Å². The largest absolute Gasteiger partial charge is 0.287 e. The highest BCUT2D eigenvalue weighted by molar-refractivity contribution is 7.99. The van der Waals surface area contributed by atoms with Crippen molar-refractivity contribution in [2.75, 3.05) is 0 Å². The maximum absolute atomic E-state index is 12.9. The molecule has 3 aromatic rings. The lowest BCUT2D eigenvalue weighted by atomic mass is 10.2. The third-order valence-corrected chi connectivity index (χ3v) is 5.66. The van der Waals surface area contributed by atoms with Crippen molar-refractivity contribution < 1.29 is 0 Å². The molecule has 0 aliphatic rings. The first kappa shape index (κ1) is 18.3. The van der Waals surface area contributed by atoms with Crippen molar-refractivity contribution in [3.63, 3.8) is 0 Å². The lowest BCUT2D eigenvalue weighted by Crippen LogP contribution is -2.23. The molecule has 3 nitrogen and oxygen atoms in total. The summed E-state index contributed by atoms with van der Waals surface area (Å²) in [5.74, 6) is 0. The van der Waals surface area contributed by atoms with Crippen molar-refractivity contribution in [3.05, 3.63) is 68.4 Å². The predicted octanol–water partition coefficient (Wildman–Crippen LogP) is 5.97. The maximum atomic E-state index is 12.9. The summed E-state index contributed by atoms with van der Waals surface area (Å²) in [6, 6.07) is 12.9. The van der Waals surface area contributed by atoms with Crippen molar-refractivity contribution in [2.24, 2.45) is 0 Å². The average molecular weight is 393 g/mol. The molecular weight excluding hydrogens is 375 g/mol. The summed E-state index contributed by atoms with van der Waals surface area (Å²) >= 11 is 13.9. The fraction of sp³-hybridized carbons (Fsp3) is 0.263. The number of hydrogen-bond acceptors (Lipinski definition) is 3. The van der Waals surface area contributed by atoms with Crippen LogP contribution < -0.4 is 5.56 Å². The number of halogens is 2. The monoisotopic (exact) mass is 392 g/mol. The second kappa shape index (κ2) is 7.81. The van der Waals surface area contributed by atoms with E-state index < -0.39 is 0 Å². The van der Waals surface area contributed by atoms with E-state index in [-0.39, 0.29) is 10.8 Å². The lowest BCUT2D eigenvalue weighted by Gasteiger charge is -2.17. The van der Waals surface area contributed by atoms with Gasteiger partial charge in [0.05, 0.1) is 10.9 Å². The Bertz CT molecular complexity index is 971. The van der Waals surface area contributed by atoms with Crippen LogP contribution in [0.1, 0.15) is 31.1 Å². The zero-order valence-electron chi connectivity index (χ0n) is 14.0. The SMILES string of the molecule is CCCn1c(S[C@H](C)c2ccccc2Cl)nc2cc(Cl)ccc2c1=O. The number of hydrogen-bond donors (Lipinski definition) is 0. The molecule has 0 bridgehead atoms. The van der Waals surface area contributed by atoms with Gasteiger partial charge in [0.25, 0.3) is 5.56 Å². The maximum Gasteiger partial charge on any atom is 0.262 e. The fourth-order valence-corrected chi connectivity index (χ4v) is 4.34. The van der Waals surface area contributed by atoms with Crippen LogP contribution in [0.4, 0.5) is 0 Å². The Morgan fingerprint density at radius 2 is 1.96 bits per heavy atom. The van der Waals surface area contributed by atoms with Crippen LogP contribution in [0.2, 0.25) is 10.0 Å². The molecule has 0 unspecified atom stereocenters. The molecule has 0 amide bonds. The molecule has 1 heterocycles. The highest BCUT2D eigenvalue weighted by atomic mass is 35.5. The van der Waals surface area contributed by atoms with Crippen LogP contribution in [-0.4, -0.2) is 9.55 Å². The standard InChI is InChI=1S/C19H18Cl2N2OS/c1-3-10-23-18(24)15-9-8-13(20)11-17(15)22-19(23)25-12(2)14-6-4-5-7-16(14)21/h4-9,11-12H,3,10H2,1-2H3/t12-/m1/s1. The van der Waals surface area contributed by atoms with Crippen LogP contribution in [0.3, 0.4) is 0 Å². The summed E-state index contributed by atoms with van der Waals surface area (Å²) in [6.45, 7) is 4.74. The number of rotatable bonds is 5. The third kappa shape index (κ3) is 3.86. The summed E-state index contributed by atoms with van der Waals surface area (Å²) in [4.78, 5) is 17.6. The Morgan fingerprint density at radius 1 is 1.20 bits per heavy atom. The number of nitrogens with zero attached hydrogens (tertiary/aromatic N) is 2. The molecule has 0 aliphatic heterocycles. The first-order chi connectivity index (χ1) is 12.0. The van der Waals surface area contributed by atoms with E-state index in [9.17, 15) is 4.79 Å². The van der Waals surface area contributed by atoms with Crippen LogP contribution in [0.15, 0.2) is 52.4 Å². The van der Waals surface area contributed by atoms with Crippen LogP contribution in [0.5, 0.6) is 0 Å². The average Bonchev–Trinajstić information content (AvgIpc) is 2.58. The van der Waals surface area contributed by atoms with Gasteiger partial charge in [0.15, 0.2) is 5.16 Å². The van der Waals surface area contributed by atoms with E-state index in [2.05, 4.69) is 6.92 Å². The number of fused-ring (bicyclic) bond motifs is 1. The molecule has 0 N–H and O–H groups in total. The van der Waals surface area contributed by atoms with Crippen LogP contribution in [0, 0.1) is 0 Å². The van der Waals surface area contributed by atoms with E-state index in [0.717, 1.165) is 17.0 Å². The number of thioether (sulfide) groups is 1. The van der Waals surface area contributed by atoms with Crippen molar-refractivity contribution in [1.29, 1.82) is 0 Å². The van der Waals surface area contributed by atoms with E-state index in [0.29, 0.717) is 27.6 Å². The molecule has 130 valence electrons. The number of benzene rings is 2. The van der Waals surface area contributed by atoms with Gasteiger partial charge in [0, 0.05) is 21.8 Å². The molecule has 6 heteroatoms. The van der Waals surface area contributed by atoms with Crippen molar-refractivity contribution in [3.8, 4) is 0 Å². The Morgan fingerprint density at radius 3 is 2.68 bits per heavy atom. The third-order valence-electron chi connectivity index (χ3n) is 3.95. The van der Waals surface area contributed by atoms with Crippen LogP contribution in [0.25, 0.3) is 10.9 Å². The quantitative estimate of drug-likeness (QED) is 0.396. The molecule has 1 atom stereocenters. The Hall–Kier alpha value is -1.49. The van der Waals surface area contributed by atoms with Crippen molar-refractivity contribution in [1.82, 2.24) is 9.55 Å². The van der Waals surface area contributed by atoms with Gasteiger partial charge in [0.1, 0.15) is 0 Å². The highest BCUT2D eigenvalue weighted by Crippen LogP contribution is 2.37. The lowest BCUT2D eigenvalue weighted by molar-refractivity contribution is 0.584. The molecule has 3 rings (SSSR count). The predicted molar refractivity (Wildman–Crippen MR) is 107 cm³/mol. The van der Waals surface area contributed by atoms with Crippen molar-refractivity contribution in [2.45, 2.75) is 37.2 Å². The van der Waals surface area contributed by atoms with Gasteiger partial charge < -0.3 is 0 Å². The molecule has 1 aromatic heterocycles. The molecule has 0 saturated heterocycles. The smallest absolute Gasteiger partial charge is 0.262 e. The van der Waals surface area contributed by atoms with E-state index in [4.69, 9.17) is 28.2 Å². The van der Waals surface area contributed by atoms with Gasteiger partial charge in [-0.25, -0.2) is 4.98 Å². The normalized spacial score (nSPS) is 12.5. The van der Waals surface area contributed by atoms with Gasteiger partial charge in [-0.15, -0.1) is 0 Å². The summed E-state index contributed by atoms with van der Waals surface area (Å²) < 4.78 is 1.74. The highest BCUT2D eigenvalue weighted by Gasteiger charge is 2.17. The van der Waals surface area contributed by atoms with Crippen LogP contribution >= 0.6 is 35.0 Å². The van der Waals surface area contributed by atoms with Gasteiger partial charge in [-0.05, 0) is 43.2 Å². The second-order valence-corrected chi connectivity index (χ2v) is 7.95. The summed E-state index contributed by atoms with van der Waals surface area (Å²) in [7, 11) is 0. The summed E-state index contributed by atoms with van der Waals surface area (Å²) in [5.41, 5.74) is 1.62. The second-order valence-electron chi connectivity index (χ2n) is 5.79. The molecule has 0 saturated carbocycles. The molecule has 0 aliphatic carbocycles. The zero-order chi connectivity index (χ0) is 18.0. The first-order valence-electron chi connectivity index (χ1n) is 8.12. The molecular formula is C19H18Cl2N2OS. The Kier molecular flexibility index (Phi) is 5.72. The minimum Gasteiger partial charge on any atom is -0.287 e. The van der Waals surface area contributed by atoms with E-state index in [1.54, 1.807) is 22.8 Å². The zero-order valence-corrected chi connectivity index (χ0v) is 16.3. The molecule has 0 radical (unpaired) electrons. The van der Waals surface area contributed by atoms with E-state index in [1.807, 2.05) is 31.2 Å². The topological polar surface area (TPSA) is 34.9 Å². The summed E-state index contributed by atoms with van der Waals surface area (Å²) in [5, 5.41) is 2.64. The van der Waals surface area contributed by atoms with Gasteiger partial charge in [-0.1, -0.05) is 60.1 Å². The minimum atomic E-state index is -0.0302. The van der Waals surface area contributed by atoms with Gasteiger partial charge in [-0.2, -0.15) is 0 Å². The molecule has 0 spiro atoms.